The fourth-order valence-corrected chi connectivity index (χ4v) is 3.77. The summed E-state index contributed by atoms with van der Waals surface area (Å²) in [6.07, 6.45) is 4.18. The first kappa shape index (κ1) is 17.8. The van der Waals surface area contributed by atoms with E-state index in [9.17, 15) is 4.79 Å². The summed E-state index contributed by atoms with van der Waals surface area (Å²) in [6.45, 7) is 4.19. The van der Waals surface area contributed by atoms with E-state index in [-0.39, 0.29) is 11.3 Å². The highest BCUT2D eigenvalue weighted by molar-refractivity contribution is 7.09. The third-order valence-electron chi connectivity index (χ3n) is 4.33. The molecule has 0 unspecified atom stereocenters. The Bertz CT molecular complexity index is 519. The predicted octanol–water partition coefficient (Wildman–Crippen LogP) is 2.45. The molecule has 0 aromatic carbocycles. The van der Waals surface area contributed by atoms with Crippen LogP contribution in [0, 0.1) is 5.41 Å². The second kappa shape index (κ2) is 8.34. The highest BCUT2D eigenvalue weighted by Gasteiger charge is 2.42. The number of carbonyl (C=O) groups is 1. The minimum absolute atomic E-state index is 0.233. The summed E-state index contributed by atoms with van der Waals surface area (Å²) in [5.74, 6) is 1.02. The summed E-state index contributed by atoms with van der Waals surface area (Å²) in [7, 11) is 3.69. The van der Waals surface area contributed by atoms with Crippen molar-refractivity contribution in [1.29, 1.82) is 0 Å². The van der Waals surface area contributed by atoms with Crippen LogP contribution in [0.4, 0.5) is 0 Å². The van der Waals surface area contributed by atoms with E-state index in [1.165, 1.54) is 4.88 Å². The maximum Gasteiger partial charge on any atom is 0.230 e. The van der Waals surface area contributed by atoms with Crippen LogP contribution in [0.15, 0.2) is 22.5 Å². The second-order valence-corrected chi connectivity index (χ2v) is 7.35. The molecule has 1 aliphatic rings. The highest BCUT2D eigenvalue weighted by Crippen LogP contribution is 2.38. The molecule has 1 amide bonds. The van der Waals surface area contributed by atoms with Crippen molar-refractivity contribution >= 4 is 23.2 Å². The van der Waals surface area contributed by atoms with Crippen molar-refractivity contribution in [3.63, 3.8) is 0 Å². The average molecular weight is 337 g/mol. The van der Waals surface area contributed by atoms with Gasteiger partial charge in [0, 0.05) is 32.1 Å². The maximum atomic E-state index is 12.6. The molecule has 1 heterocycles. The van der Waals surface area contributed by atoms with Gasteiger partial charge in [-0.15, -0.1) is 11.3 Å². The molecule has 2 N–H and O–H groups in total. The van der Waals surface area contributed by atoms with Crippen molar-refractivity contribution in [2.75, 3.05) is 27.2 Å². The number of rotatable bonds is 6. The van der Waals surface area contributed by atoms with E-state index in [0.717, 1.165) is 38.2 Å². The molecule has 1 aliphatic carbocycles. The lowest BCUT2D eigenvalue weighted by Crippen LogP contribution is -2.49. The molecule has 0 spiro atoms. The minimum atomic E-state index is -0.275. The molecular weight excluding hydrogens is 308 g/mol. The van der Waals surface area contributed by atoms with E-state index in [0.29, 0.717) is 13.1 Å². The SMILES string of the molecule is CCNC(=NCc1cccs1)NCC1(C(=O)N(C)C)CCCC1. The molecule has 5 nitrogen and oxygen atoms in total. The zero-order valence-corrected chi connectivity index (χ0v) is 15.2. The summed E-state index contributed by atoms with van der Waals surface area (Å²) in [5, 5.41) is 8.73. The quantitative estimate of drug-likeness (QED) is 0.620. The largest absolute Gasteiger partial charge is 0.357 e. The van der Waals surface area contributed by atoms with Crippen LogP contribution in [0.25, 0.3) is 0 Å². The lowest BCUT2D eigenvalue weighted by atomic mass is 9.84. The van der Waals surface area contributed by atoms with Gasteiger partial charge in [-0.1, -0.05) is 18.9 Å². The Hall–Kier alpha value is -1.56. The molecule has 128 valence electrons. The zero-order valence-electron chi connectivity index (χ0n) is 14.4. The Balaban J connectivity index is 2.01. The summed E-state index contributed by atoms with van der Waals surface area (Å²) in [4.78, 5) is 20.2. The van der Waals surface area contributed by atoms with Crippen LogP contribution in [0.5, 0.6) is 0 Å². The van der Waals surface area contributed by atoms with Gasteiger partial charge in [-0.2, -0.15) is 0 Å². The van der Waals surface area contributed by atoms with Gasteiger partial charge in [0.1, 0.15) is 0 Å². The van der Waals surface area contributed by atoms with Crippen LogP contribution in [0.3, 0.4) is 0 Å². The molecule has 1 fully saturated rings. The number of carbonyl (C=O) groups excluding carboxylic acids is 1. The van der Waals surface area contributed by atoms with Gasteiger partial charge < -0.3 is 15.5 Å². The van der Waals surface area contributed by atoms with Crippen LogP contribution in [-0.2, 0) is 11.3 Å². The van der Waals surface area contributed by atoms with E-state index in [2.05, 4.69) is 34.0 Å². The van der Waals surface area contributed by atoms with Crippen molar-refractivity contribution in [3.05, 3.63) is 22.4 Å². The third-order valence-corrected chi connectivity index (χ3v) is 5.19. The van der Waals surface area contributed by atoms with Crippen LogP contribution < -0.4 is 10.6 Å². The average Bonchev–Trinajstić information content (AvgIpc) is 3.21. The van der Waals surface area contributed by atoms with Crippen LogP contribution in [-0.4, -0.2) is 44.0 Å². The number of thiophene rings is 1. The fourth-order valence-electron chi connectivity index (χ4n) is 3.15. The molecule has 1 saturated carbocycles. The van der Waals surface area contributed by atoms with E-state index < -0.39 is 0 Å². The van der Waals surface area contributed by atoms with E-state index in [1.807, 2.05) is 20.2 Å². The molecule has 23 heavy (non-hydrogen) atoms. The molecule has 6 heteroatoms. The van der Waals surface area contributed by atoms with Crippen LogP contribution >= 0.6 is 11.3 Å². The van der Waals surface area contributed by atoms with Gasteiger partial charge in [0.05, 0.1) is 12.0 Å². The van der Waals surface area contributed by atoms with Gasteiger partial charge in [0.2, 0.25) is 5.91 Å². The van der Waals surface area contributed by atoms with Gasteiger partial charge in [-0.05, 0) is 31.2 Å². The Morgan fingerprint density at radius 1 is 1.35 bits per heavy atom. The van der Waals surface area contributed by atoms with Crippen molar-refractivity contribution in [2.24, 2.45) is 10.4 Å². The normalized spacial score (nSPS) is 17.1. The Morgan fingerprint density at radius 3 is 2.65 bits per heavy atom. The van der Waals surface area contributed by atoms with Crippen molar-refractivity contribution in [2.45, 2.75) is 39.2 Å². The van der Waals surface area contributed by atoms with Gasteiger partial charge in [0.25, 0.3) is 0 Å². The monoisotopic (exact) mass is 336 g/mol. The van der Waals surface area contributed by atoms with Gasteiger partial charge >= 0.3 is 0 Å². The summed E-state index contributed by atoms with van der Waals surface area (Å²) in [6, 6.07) is 4.13. The first-order chi connectivity index (χ1) is 11.1. The molecule has 0 bridgehead atoms. The number of hydrogen-bond acceptors (Lipinski definition) is 3. The van der Waals surface area contributed by atoms with E-state index in [4.69, 9.17) is 0 Å². The molecular formula is C17H28N4OS. The smallest absolute Gasteiger partial charge is 0.230 e. The molecule has 2 rings (SSSR count). The molecule has 0 saturated heterocycles. The second-order valence-electron chi connectivity index (χ2n) is 6.32. The van der Waals surface area contributed by atoms with E-state index in [1.54, 1.807) is 16.2 Å². The van der Waals surface area contributed by atoms with Gasteiger partial charge in [0.15, 0.2) is 5.96 Å². The van der Waals surface area contributed by atoms with Crippen molar-refractivity contribution < 1.29 is 4.79 Å². The summed E-state index contributed by atoms with van der Waals surface area (Å²) >= 11 is 1.71. The Morgan fingerprint density at radius 2 is 2.09 bits per heavy atom. The van der Waals surface area contributed by atoms with Crippen molar-refractivity contribution in [1.82, 2.24) is 15.5 Å². The lowest BCUT2D eigenvalue weighted by Gasteiger charge is -2.31. The van der Waals surface area contributed by atoms with Crippen LogP contribution in [0.2, 0.25) is 0 Å². The number of amides is 1. The number of hydrogen-bond donors (Lipinski definition) is 2. The number of nitrogens with zero attached hydrogens (tertiary/aromatic N) is 2. The van der Waals surface area contributed by atoms with Crippen LogP contribution in [0.1, 0.15) is 37.5 Å². The van der Waals surface area contributed by atoms with E-state index >= 15 is 0 Å². The van der Waals surface area contributed by atoms with Gasteiger partial charge in [-0.25, -0.2) is 4.99 Å². The number of nitrogens with one attached hydrogen (secondary N) is 2. The fraction of sp³-hybridized carbons (Fsp3) is 0.647. The zero-order chi connectivity index (χ0) is 16.7. The molecule has 1 aromatic heterocycles. The Kier molecular flexibility index (Phi) is 6.45. The summed E-state index contributed by atoms with van der Waals surface area (Å²) in [5.41, 5.74) is -0.275. The standard InChI is InChI=1S/C17H28N4OS/c1-4-18-16(19-12-14-8-7-11-23-14)20-13-17(9-5-6-10-17)15(22)21(2)3/h7-8,11H,4-6,9-10,12-13H2,1-3H3,(H2,18,19,20). The first-order valence-electron chi connectivity index (χ1n) is 8.34. The number of guanidine groups is 1. The lowest BCUT2D eigenvalue weighted by molar-refractivity contribution is -0.138. The molecule has 0 aliphatic heterocycles. The predicted molar refractivity (Wildman–Crippen MR) is 96.7 cm³/mol. The Labute approximate surface area is 143 Å². The summed E-state index contributed by atoms with van der Waals surface area (Å²) < 4.78 is 0. The van der Waals surface area contributed by atoms with Gasteiger partial charge in [-0.3, -0.25) is 4.79 Å². The van der Waals surface area contributed by atoms with Crippen molar-refractivity contribution in [3.8, 4) is 0 Å². The highest BCUT2D eigenvalue weighted by atomic mass is 32.1. The maximum absolute atomic E-state index is 12.6. The topological polar surface area (TPSA) is 56.7 Å². The minimum Gasteiger partial charge on any atom is -0.357 e. The molecule has 0 radical (unpaired) electrons. The number of aliphatic imine (C=N–C) groups is 1. The molecule has 1 aromatic rings. The molecule has 0 atom stereocenters. The first-order valence-corrected chi connectivity index (χ1v) is 9.22. The third kappa shape index (κ3) is 4.70.